The molecule has 5 rings (SSSR count). The van der Waals surface area contributed by atoms with E-state index in [1.165, 1.54) is 5.69 Å². The number of nitrogens with one attached hydrogen (secondary N) is 1. The molecule has 29 heavy (non-hydrogen) atoms. The van der Waals surface area contributed by atoms with E-state index < -0.39 is 0 Å². The SMILES string of the molecule is S=C1N[C@@H](c2ccccn2)[C@@H](c2cccn2C[C@@H]2CCCO2)N1Cc1ccco1. The summed E-state index contributed by atoms with van der Waals surface area (Å²) in [7, 11) is 0. The number of pyridine rings is 1. The van der Waals surface area contributed by atoms with Crippen LogP contribution in [0.25, 0.3) is 0 Å². The van der Waals surface area contributed by atoms with Gasteiger partial charge in [0.25, 0.3) is 0 Å². The van der Waals surface area contributed by atoms with Crippen molar-refractivity contribution in [3.05, 3.63) is 78.3 Å². The van der Waals surface area contributed by atoms with Gasteiger partial charge in [-0.15, -0.1) is 0 Å². The van der Waals surface area contributed by atoms with Gasteiger partial charge in [-0.2, -0.15) is 0 Å². The van der Waals surface area contributed by atoms with Crippen LogP contribution in [-0.2, 0) is 17.8 Å². The van der Waals surface area contributed by atoms with E-state index >= 15 is 0 Å². The van der Waals surface area contributed by atoms with Gasteiger partial charge in [-0.05, 0) is 61.5 Å². The first-order valence-electron chi connectivity index (χ1n) is 10.1. The zero-order chi connectivity index (χ0) is 19.6. The molecule has 0 spiro atoms. The standard InChI is InChI=1S/C22H24N4O2S/c29-22-24-20(18-8-1-2-10-23-18)21(26(22)15-17-7-5-13-28-17)19-9-3-11-25(19)14-16-6-4-12-27-16/h1-3,5,7-11,13,16,20-21H,4,6,12,14-15H2,(H,24,29)/t16-,20-,21+/m0/s1. The highest BCUT2D eigenvalue weighted by atomic mass is 32.1. The molecular formula is C22H24N4O2S. The molecule has 150 valence electrons. The van der Waals surface area contributed by atoms with Crippen LogP contribution >= 0.6 is 12.2 Å². The lowest BCUT2D eigenvalue weighted by atomic mass is 10.0. The lowest BCUT2D eigenvalue weighted by molar-refractivity contribution is 0.0952. The van der Waals surface area contributed by atoms with E-state index in [2.05, 4.69) is 44.2 Å². The van der Waals surface area contributed by atoms with Crippen LogP contribution in [0.3, 0.4) is 0 Å². The fourth-order valence-electron chi connectivity index (χ4n) is 4.34. The number of ether oxygens (including phenoxy) is 1. The second kappa shape index (κ2) is 8.00. The molecule has 0 saturated carbocycles. The van der Waals surface area contributed by atoms with Gasteiger partial charge in [0.2, 0.25) is 0 Å². The van der Waals surface area contributed by atoms with Gasteiger partial charge in [-0.25, -0.2) is 0 Å². The van der Waals surface area contributed by atoms with Crippen LogP contribution in [0, 0.1) is 0 Å². The Kier molecular flexibility index (Phi) is 5.08. The van der Waals surface area contributed by atoms with E-state index in [0.717, 1.165) is 37.4 Å². The molecule has 6 nitrogen and oxygen atoms in total. The summed E-state index contributed by atoms with van der Waals surface area (Å²) in [6, 6.07) is 14.2. The quantitative estimate of drug-likeness (QED) is 0.626. The highest BCUT2D eigenvalue weighted by Crippen LogP contribution is 2.39. The van der Waals surface area contributed by atoms with Crippen molar-refractivity contribution in [2.75, 3.05) is 6.61 Å². The Hall–Kier alpha value is -2.64. The molecule has 2 aliphatic rings. The van der Waals surface area contributed by atoms with E-state index in [1.54, 1.807) is 6.26 Å². The van der Waals surface area contributed by atoms with Gasteiger partial charge in [0.05, 0.1) is 36.7 Å². The van der Waals surface area contributed by atoms with Crippen LogP contribution in [-0.4, -0.2) is 32.3 Å². The second-order valence-electron chi connectivity index (χ2n) is 7.55. The molecule has 2 aliphatic heterocycles. The molecule has 3 aromatic heterocycles. The average Bonchev–Trinajstić information content (AvgIpc) is 3.53. The summed E-state index contributed by atoms with van der Waals surface area (Å²) < 4.78 is 13.8. The van der Waals surface area contributed by atoms with E-state index in [9.17, 15) is 0 Å². The Labute approximate surface area is 175 Å². The normalized spacial score (nSPS) is 24.2. The van der Waals surface area contributed by atoms with Crippen molar-refractivity contribution in [2.24, 2.45) is 0 Å². The summed E-state index contributed by atoms with van der Waals surface area (Å²) in [6.07, 6.45) is 8.19. The van der Waals surface area contributed by atoms with Crippen LogP contribution < -0.4 is 5.32 Å². The molecule has 2 saturated heterocycles. The summed E-state index contributed by atoms with van der Waals surface area (Å²) >= 11 is 5.74. The number of rotatable bonds is 6. The molecular weight excluding hydrogens is 384 g/mol. The maximum Gasteiger partial charge on any atom is 0.170 e. The Morgan fingerprint density at radius 1 is 1.17 bits per heavy atom. The molecule has 7 heteroatoms. The number of hydrogen-bond acceptors (Lipinski definition) is 4. The first-order valence-corrected chi connectivity index (χ1v) is 10.5. The molecule has 3 atom stereocenters. The first-order chi connectivity index (χ1) is 14.3. The zero-order valence-electron chi connectivity index (χ0n) is 16.1. The third-order valence-corrected chi connectivity index (χ3v) is 6.05. The van der Waals surface area contributed by atoms with Gasteiger partial charge in [0.15, 0.2) is 5.11 Å². The van der Waals surface area contributed by atoms with Crippen LogP contribution in [0.4, 0.5) is 0 Å². The summed E-state index contributed by atoms with van der Waals surface area (Å²) in [4.78, 5) is 6.82. The van der Waals surface area contributed by atoms with Crippen molar-refractivity contribution in [3.63, 3.8) is 0 Å². The number of hydrogen-bond donors (Lipinski definition) is 1. The van der Waals surface area contributed by atoms with Crippen molar-refractivity contribution < 1.29 is 9.15 Å². The first kappa shape index (κ1) is 18.4. The molecule has 0 unspecified atom stereocenters. The Morgan fingerprint density at radius 2 is 2.14 bits per heavy atom. The summed E-state index contributed by atoms with van der Waals surface area (Å²) in [5.74, 6) is 0.887. The number of thiocarbonyl (C=S) groups is 1. The van der Waals surface area contributed by atoms with Crippen molar-refractivity contribution in [2.45, 2.75) is 44.1 Å². The van der Waals surface area contributed by atoms with Crippen molar-refractivity contribution in [1.82, 2.24) is 19.8 Å². The third-order valence-electron chi connectivity index (χ3n) is 5.70. The van der Waals surface area contributed by atoms with Crippen molar-refractivity contribution >= 4 is 17.3 Å². The third kappa shape index (κ3) is 3.68. The lowest BCUT2D eigenvalue weighted by Crippen LogP contribution is -2.30. The van der Waals surface area contributed by atoms with Crippen LogP contribution in [0.2, 0.25) is 0 Å². The maximum atomic E-state index is 5.89. The van der Waals surface area contributed by atoms with Gasteiger partial charge < -0.3 is 23.9 Å². The van der Waals surface area contributed by atoms with E-state index in [1.807, 2.05) is 30.5 Å². The fraction of sp³-hybridized carbons (Fsp3) is 0.364. The van der Waals surface area contributed by atoms with Gasteiger partial charge >= 0.3 is 0 Å². The van der Waals surface area contributed by atoms with Crippen molar-refractivity contribution in [1.29, 1.82) is 0 Å². The fourth-order valence-corrected chi connectivity index (χ4v) is 4.64. The van der Waals surface area contributed by atoms with Gasteiger partial charge in [0, 0.05) is 31.2 Å². The molecule has 3 aromatic rings. The Bertz CT molecular complexity index is 950. The predicted molar refractivity (Wildman–Crippen MR) is 113 cm³/mol. The topological polar surface area (TPSA) is 55.5 Å². The molecule has 1 N–H and O–H groups in total. The number of nitrogens with zero attached hydrogens (tertiary/aromatic N) is 3. The van der Waals surface area contributed by atoms with Crippen LogP contribution in [0.1, 0.15) is 42.1 Å². The second-order valence-corrected chi connectivity index (χ2v) is 7.94. The summed E-state index contributed by atoms with van der Waals surface area (Å²) in [5.41, 5.74) is 2.18. The largest absolute Gasteiger partial charge is 0.467 e. The number of aromatic nitrogens is 2. The van der Waals surface area contributed by atoms with Gasteiger partial charge in [-0.1, -0.05) is 6.07 Å². The average molecular weight is 409 g/mol. The lowest BCUT2D eigenvalue weighted by Gasteiger charge is -2.28. The van der Waals surface area contributed by atoms with Crippen LogP contribution in [0.5, 0.6) is 0 Å². The van der Waals surface area contributed by atoms with Crippen molar-refractivity contribution in [3.8, 4) is 0 Å². The minimum absolute atomic E-state index is 0.0129. The molecule has 0 bridgehead atoms. The van der Waals surface area contributed by atoms with E-state index in [-0.39, 0.29) is 18.2 Å². The summed E-state index contributed by atoms with van der Waals surface area (Å²) in [5, 5.41) is 4.22. The molecule has 5 heterocycles. The molecule has 2 fully saturated rings. The zero-order valence-corrected chi connectivity index (χ0v) is 16.9. The molecule has 0 radical (unpaired) electrons. The monoisotopic (exact) mass is 408 g/mol. The number of furan rings is 1. The van der Waals surface area contributed by atoms with E-state index in [4.69, 9.17) is 21.4 Å². The Balaban J connectivity index is 1.51. The van der Waals surface area contributed by atoms with Crippen LogP contribution in [0.15, 0.2) is 65.5 Å². The predicted octanol–water partition coefficient (Wildman–Crippen LogP) is 3.83. The maximum absolute atomic E-state index is 5.89. The Morgan fingerprint density at radius 3 is 2.90 bits per heavy atom. The van der Waals surface area contributed by atoms with E-state index in [0.29, 0.717) is 11.7 Å². The molecule has 0 amide bonds. The highest BCUT2D eigenvalue weighted by molar-refractivity contribution is 7.80. The minimum atomic E-state index is -0.0307. The smallest absolute Gasteiger partial charge is 0.170 e. The molecule has 0 aliphatic carbocycles. The van der Waals surface area contributed by atoms with Gasteiger partial charge in [0.1, 0.15) is 5.76 Å². The minimum Gasteiger partial charge on any atom is -0.467 e. The summed E-state index contributed by atoms with van der Waals surface area (Å²) in [6.45, 7) is 2.32. The highest BCUT2D eigenvalue weighted by Gasteiger charge is 2.41. The van der Waals surface area contributed by atoms with Gasteiger partial charge in [-0.3, -0.25) is 4.98 Å². The molecule has 0 aromatic carbocycles.